The van der Waals surface area contributed by atoms with Gasteiger partial charge < -0.3 is 5.11 Å². The summed E-state index contributed by atoms with van der Waals surface area (Å²) in [6.07, 6.45) is 5.71. The van der Waals surface area contributed by atoms with Crippen LogP contribution in [0, 0.1) is 11.3 Å². The second-order valence-electron chi connectivity index (χ2n) is 6.96. The lowest BCUT2D eigenvalue weighted by Crippen LogP contribution is -2.57. The van der Waals surface area contributed by atoms with Gasteiger partial charge in [0.2, 0.25) is 0 Å². The highest BCUT2D eigenvalue weighted by Crippen LogP contribution is 2.43. The molecule has 0 aromatic carbocycles. The molecule has 1 unspecified atom stereocenters. The highest BCUT2D eigenvalue weighted by atomic mass is 16.4. The van der Waals surface area contributed by atoms with Gasteiger partial charge in [0.05, 0.1) is 0 Å². The molecule has 1 aliphatic rings. The van der Waals surface area contributed by atoms with E-state index >= 15 is 0 Å². The number of nitrogens with one attached hydrogen (secondary N) is 1. The van der Waals surface area contributed by atoms with E-state index in [9.17, 15) is 9.90 Å². The van der Waals surface area contributed by atoms with E-state index in [1.807, 2.05) is 0 Å². The molecule has 0 aliphatic heterocycles. The summed E-state index contributed by atoms with van der Waals surface area (Å²) in [5.41, 5.74) is -0.350. The third-order valence-electron chi connectivity index (χ3n) is 5.40. The van der Waals surface area contributed by atoms with Gasteiger partial charge in [0.25, 0.3) is 0 Å². The maximum atomic E-state index is 11.7. The molecular weight excluding hydrogens is 238 g/mol. The number of carboxylic acids is 1. The Balaban J connectivity index is 2.73. The number of rotatable bonds is 6. The van der Waals surface area contributed by atoms with Gasteiger partial charge in [-0.1, -0.05) is 34.1 Å². The standard InChI is InChI=1S/C16H31NO2/c1-6-12(3)17-16(14(18)19)10-8-13(9-11-16)15(4,5)7-2/h12-13,17H,6-11H2,1-5H3,(H,18,19). The van der Waals surface area contributed by atoms with Gasteiger partial charge in [0.15, 0.2) is 0 Å². The zero-order valence-corrected chi connectivity index (χ0v) is 13.3. The lowest BCUT2D eigenvalue weighted by atomic mass is 9.65. The van der Waals surface area contributed by atoms with Crippen molar-refractivity contribution >= 4 is 5.97 Å². The first-order valence-electron chi connectivity index (χ1n) is 7.78. The molecule has 1 fully saturated rings. The van der Waals surface area contributed by atoms with Gasteiger partial charge in [0, 0.05) is 6.04 Å². The minimum atomic E-state index is -0.685. The number of carbonyl (C=O) groups is 1. The van der Waals surface area contributed by atoms with Crippen LogP contribution in [0.4, 0.5) is 0 Å². The third kappa shape index (κ3) is 3.71. The van der Waals surface area contributed by atoms with Gasteiger partial charge in [-0.05, 0) is 50.4 Å². The van der Waals surface area contributed by atoms with Gasteiger partial charge in [-0.3, -0.25) is 10.1 Å². The van der Waals surface area contributed by atoms with Crippen molar-refractivity contribution < 1.29 is 9.90 Å². The number of carboxylic acid groups (broad SMARTS) is 1. The lowest BCUT2D eigenvalue weighted by Gasteiger charge is -2.44. The Hall–Kier alpha value is -0.570. The van der Waals surface area contributed by atoms with Crippen molar-refractivity contribution in [3.05, 3.63) is 0 Å². The normalized spacial score (nSPS) is 30.1. The van der Waals surface area contributed by atoms with Crippen LogP contribution in [0.25, 0.3) is 0 Å². The van der Waals surface area contributed by atoms with Crippen molar-refractivity contribution in [1.82, 2.24) is 5.32 Å². The molecule has 0 radical (unpaired) electrons. The quantitative estimate of drug-likeness (QED) is 0.770. The van der Waals surface area contributed by atoms with Crippen molar-refractivity contribution in [3.63, 3.8) is 0 Å². The Bertz CT molecular complexity index is 304. The molecule has 1 saturated carbocycles. The van der Waals surface area contributed by atoms with Crippen LogP contribution in [0.3, 0.4) is 0 Å². The summed E-state index contributed by atoms with van der Waals surface area (Å²) < 4.78 is 0. The highest BCUT2D eigenvalue weighted by molar-refractivity contribution is 5.79. The van der Waals surface area contributed by atoms with Crippen LogP contribution in [0.15, 0.2) is 0 Å². The van der Waals surface area contributed by atoms with E-state index in [-0.39, 0.29) is 6.04 Å². The van der Waals surface area contributed by atoms with Crippen LogP contribution >= 0.6 is 0 Å². The molecule has 0 saturated heterocycles. The Morgan fingerprint density at radius 1 is 1.37 bits per heavy atom. The SMILES string of the molecule is CCC(C)NC1(C(=O)O)CCC(C(C)(C)CC)CC1. The van der Waals surface area contributed by atoms with Crippen LogP contribution in [0.2, 0.25) is 0 Å². The van der Waals surface area contributed by atoms with Crippen LogP contribution in [-0.2, 0) is 4.79 Å². The molecular formula is C16H31NO2. The summed E-state index contributed by atoms with van der Waals surface area (Å²) in [6, 6.07) is 0.270. The molecule has 0 bridgehead atoms. The number of hydrogen-bond acceptors (Lipinski definition) is 2. The third-order valence-corrected chi connectivity index (χ3v) is 5.40. The van der Waals surface area contributed by atoms with Crippen LogP contribution < -0.4 is 5.32 Å². The first kappa shape index (κ1) is 16.5. The topological polar surface area (TPSA) is 49.3 Å². The van der Waals surface area contributed by atoms with Gasteiger partial charge in [-0.15, -0.1) is 0 Å². The van der Waals surface area contributed by atoms with Gasteiger partial charge in [-0.25, -0.2) is 0 Å². The van der Waals surface area contributed by atoms with Crippen LogP contribution in [-0.4, -0.2) is 22.7 Å². The van der Waals surface area contributed by atoms with E-state index in [0.29, 0.717) is 11.3 Å². The average molecular weight is 269 g/mol. The summed E-state index contributed by atoms with van der Waals surface area (Å²) >= 11 is 0. The van der Waals surface area contributed by atoms with Crippen molar-refractivity contribution in [2.45, 2.75) is 84.7 Å². The number of aliphatic carboxylic acids is 1. The minimum absolute atomic E-state index is 0.270. The molecule has 19 heavy (non-hydrogen) atoms. The van der Waals surface area contributed by atoms with Gasteiger partial charge >= 0.3 is 5.97 Å². The average Bonchev–Trinajstić information content (AvgIpc) is 2.39. The zero-order chi connectivity index (χ0) is 14.7. The summed E-state index contributed by atoms with van der Waals surface area (Å²) in [5, 5.41) is 13.0. The summed E-state index contributed by atoms with van der Waals surface area (Å²) in [7, 11) is 0. The van der Waals surface area contributed by atoms with E-state index in [1.54, 1.807) is 0 Å². The van der Waals surface area contributed by atoms with E-state index in [2.05, 4.69) is 39.9 Å². The molecule has 2 N–H and O–H groups in total. The van der Waals surface area contributed by atoms with Crippen molar-refractivity contribution in [1.29, 1.82) is 0 Å². The second-order valence-corrected chi connectivity index (χ2v) is 6.96. The molecule has 3 nitrogen and oxygen atoms in total. The van der Waals surface area contributed by atoms with Crippen LogP contribution in [0.1, 0.15) is 73.1 Å². The fourth-order valence-corrected chi connectivity index (χ4v) is 3.17. The van der Waals surface area contributed by atoms with Crippen molar-refractivity contribution in [3.8, 4) is 0 Å². The summed E-state index contributed by atoms with van der Waals surface area (Å²) in [5.74, 6) is -0.00994. The molecule has 0 aromatic heterocycles. The Kier molecular flexibility index (Phi) is 5.43. The molecule has 112 valence electrons. The molecule has 1 atom stereocenters. The zero-order valence-electron chi connectivity index (χ0n) is 13.3. The Labute approximate surface area is 118 Å². The maximum Gasteiger partial charge on any atom is 0.323 e. The Morgan fingerprint density at radius 3 is 2.26 bits per heavy atom. The molecule has 1 aliphatic carbocycles. The molecule has 0 heterocycles. The molecule has 0 spiro atoms. The van der Waals surface area contributed by atoms with E-state index in [0.717, 1.165) is 38.5 Å². The summed E-state index contributed by atoms with van der Waals surface area (Å²) in [6.45, 7) is 11.0. The van der Waals surface area contributed by atoms with Crippen molar-refractivity contribution in [2.75, 3.05) is 0 Å². The highest BCUT2D eigenvalue weighted by Gasteiger charge is 2.44. The Morgan fingerprint density at radius 2 is 1.89 bits per heavy atom. The minimum Gasteiger partial charge on any atom is -0.480 e. The smallest absolute Gasteiger partial charge is 0.323 e. The van der Waals surface area contributed by atoms with Gasteiger partial charge in [0.1, 0.15) is 5.54 Å². The predicted molar refractivity (Wildman–Crippen MR) is 79.3 cm³/mol. The lowest BCUT2D eigenvalue weighted by molar-refractivity contribution is -0.147. The fraction of sp³-hybridized carbons (Fsp3) is 0.938. The molecule has 3 heteroatoms. The first-order chi connectivity index (χ1) is 8.77. The van der Waals surface area contributed by atoms with E-state index in [1.165, 1.54) is 0 Å². The molecule has 0 aromatic rings. The monoisotopic (exact) mass is 269 g/mol. The van der Waals surface area contributed by atoms with Crippen molar-refractivity contribution in [2.24, 2.45) is 11.3 Å². The fourth-order valence-electron chi connectivity index (χ4n) is 3.17. The largest absolute Gasteiger partial charge is 0.480 e. The maximum absolute atomic E-state index is 11.7. The molecule has 1 rings (SSSR count). The number of hydrogen-bond donors (Lipinski definition) is 2. The van der Waals surface area contributed by atoms with Gasteiger partial charge in [-0.2, -0.15) is 0 Å². The van der Waals surface area contributed by atoms with Crippen LogP contribution in [0.5, 0.6) is 0 Å². The second kappa shape index (κ2) is 6.25. The van der Waals surface area contributed by atoms with E-state index in [4.69, 9.17) is 0 Å². The van der Waals surface area contributed by atoms with E-state index < -0.39 is 11.5 Å². The molecule has 0 amide bonds. The summed E-state index contributed by atoms with van der Waals surface area (Å²) in [4.78, 5) is 11.7. The first-order valence-corrected chi connectivity index (χ1v) is 7.78. The predicted octanol–water partition coefficient (Wildman–Crippen LogP) is 3.82.